The van der Waals surface area contributed by atoms with Crippen LogP contribution in [0.2, 0.25) is 0 Å². The maximum absolute atomic E-state index is 12.8. The summed E-state index contributed by atoms with van der Waals surface area (Å²) in [7, 11) is 0. The Kier molecular flexibility index (Phi) is 6.49. The maximum atomic E-state index is 12.8. The van der Waals surface area contributed by atoms with E-state index in [-0.39, 0.29) is 17.2 Å². The van der Waals surface area contributed by atoms with Crippen LogP contribution >= 0.6 is 0 Å². The predicted octanol–water partition coefficient (Wildman–Crippen LogP) is 3.51. The summed E-state index contributed by atoms with van der Waals surface area (Å²) in [6, 6.07) is 9.64. The van der Waals surface area contributed by atoms with Crippen molar-refractivity contribution in [3.8, 4) is 5.75 Å². The Bertz CT molecular complexity index is 976. The Morgan fingerprint density at radius 3 is 2.52 bits per heavy atom. The van der Waals surface area contributed by atoms with Gasteiger partial charge >= 0.3 is 6.36 Å². The van der Waals surface area contributed by atoms with Gasteiger partial charge in [-0.25, -0.2) is 0 Å². The van der Waals surface area contributed by atoms with Crippen molar-refractivity contribution in [3.05, 3.63) is 53.9 Å². The summed E-state index contributed by atoms with van der Waals surface area (Å²) in [6.07, 6.45) is -3.05. The minimum Gasteiger partial charge on any atom is -0.406 e. The molecule has 2 aliphatic heterocycles. The van der Waals surface area contributed by atoms with Gasteiger partial charge in [0.05, 0.1) is 19.9 Å². The second kappa shape index (κ2) is 9.18. The average molecular weight is 464 g/mol. The number of nitrogens with zero attached hydrogens (tertiary/aromatic N) is 4. The number of hydrogen-bond donors (Lipinski definition) is 0. The van der Waals surface area contributed by atoms with Crippen LogP contribution in [0.3, 0.4) is 0 Å². The molecule has 0 atom stereocenters. The Morgan fingerprint density at radius 2 is 1.85 bits per heavy atom. The molecule has 178 valence electrons. The summed E-state index contributed by atoms with van der Waals surface area (Å²) in [5, 5.41) is 0. The molecule has 2 aliphatic rings. The molecule has 0 saturated carbocycles. The van der Waals surface area contributed by atoms with Crippen molar-refractivity contribution in [3.63, 3.8) is 0 Å². The second-order valence-electron chi connectivity index (χ2n) is 8.85. The predicted molar refractivity (Wildman–Crippen MR) is 116 cm³/mol. The minimum atomic E-state index is -4.71. The van der Waals surface area contributed by atoms with E-state index in [0.717, 1.165) is 11.3 Å². The van der Waals surface area contributed by atoms with Gasteiger partial charge in [0, 0.05) is 43.6 Å². The first kappa shape index (κ1) is 23.3. The lowest BCUT2D eigenvalue weighted by molar-refractivity contribution is -0.274. The van der Waals surface area contributed by atoms with E-state index >= 15 is 0 Å². The highest BCUT2D eigenvalue weighted by Crippen LogP contribution is 2.32. The van der Waals surface area contributed by atoms with Gasteiger partial charge in [0.1, 0.15) is 11.4 Å². The van der Waals surface area contributed by atoms with Crippen molar-refractivity contribution in [1.29, 1.82) is 0 Å². The number of morpholine rings is 1. The second-order valence-corrected chi connectivity index (χ2v) is 8.85. The fraction of sp³-hybridized carbons (Fsp3) is 0.478. The van der Waals surface area contributed by atoms with Crippen LogP contribution in [-0.2, 0) is 11.3 Å². The highest BCUT2D eigenvalue weighted by atomic mass is 19.4. The van der Waals surface area contributed by atoms with Crippen molar-refractivity contribution in [2.45, 2.75) is 32.3 Å². The summed E-state index contributed by atoms with van der Waals surface area (Å²) in [4.78, 5) is 23.2. The molecule has 1 aromatic carbocycles. The molecular weight excluding hydrogens is 437 g/mol. The Balaban J connectivity index is 1.43. The number of alkyl halides is 3. The number of pyridine rings is 1. The van der Waals surface area contributed by atoms with Gasteiger partial charge in [0.15, 0.2) is 0 Å². The van der Waals surface area contributed by atoms with Gasteiger partial charge in [0.2, 0.25) is 0 Å². The van der Waals surface area contributed by atoms with Gasteiger partial charge in [-0.15, -0.1) is 13.2 Å². The molecule has 2 saturated heterocycles. The SMILES string of the molecule is CC1(C)CN(c2ccc(OC(F)(F)F)cc2)CN1Cc1ccnc(C(=O)N2CCOCC2)c1. The summed E-state index contributed by atoms with van der Waals surface area (Å²) < 4.78 is 46.5. The van der Waals surface area contributed by atoms with E-state index in [1.807, 2.05) is 12.1 Å². The molecule has 33 heavy (non-hydrogen) atoms. The molecule has 4 rings (SSSR count). The molecule has 0 unspecified atom stereocenters. The van der Waals surface area contributed by atoms with Crippen LogP contribution in [0.1, 0.15) is 29.9 Å². The van der Waals surface area contributed by atoms with Crippen LogP contribution in [0.25, 0.3) is 0 Å². The molecule has 1 aromatic heterocycles. The van der Waals surface area contributed by atoms with E-state index < -0.39 is 6.36 Å². The average Bonchev–Trinajstić information content (AvgIpc) is 3.07. The molecule has 10 heteroatoms. The zero-order chi connectivity index (χ0) is 23.6. The zero-order valence-corrected chi connectivity index (χ0v) is 18.6. The molecular formula is C23H27F3N4O3. The van der Waals surface area contributed by atoms with Crippen molar-refractivity contribution < 1.29 is 27.4 Å². The third kappa shape index (κ3) is 5.75. The fourth-order valence-corrected chi connectivity index (χ4v) is 4.15. The first-order valence-corrected chi connectivity index (χ1v) is 10.8. The summed E-state index contributed by atoms with van der Waals surface area (Å²) in [5.74, 6) is -0.334. The molecule has 0 N–H and O–H groups in total. The quantitative estimate of drug-likeness (QED) is 0.675. The van der Waals surface area contributed by atoms with Crippen molar-refractivity contribution >= 4 is 11.6 Å². The monoisotopic (exact) mass is 464 g/mol. The number of benzene rings is 1. The van der Waals surface area contributed by atoms with Gasteiger partial charge in [-0.3, -0.25) is 14.7 Å². The maximum Gasteiger partial charge on any atom is 0.573 e. The topological polar surface area (TPSA) is 58.1 Å². The van der Waals surface area contributed by atoms with Crippen molar-refractivity contribution in [2.24, 2.45) is 0 Å². The Morgan fingerprint density at radius 1 is 1.15 bits per heavy atom. The van der Waals surface area contributed by atoms with E-state index in [2.05, 4.69) is 33.4 Å². The van der Waals surface area contributed by atoms with Gasteiger partial charge < -0.3 is 19.3 Å². The third-order valence-electron chi connectivity index (χ3n) is 5.93. The highest BCUT2D eigenvalue weighted by Gasteiger charge is 2.37. The number of aromatic nitrogens is 1. The van der Waals surface area contributed by atoms with Gasteiger partial charge in [-0.1, -0.05) is 0 Å². The normalized spacial score (nSPS) is 19.1. The smallest absolute Gasteiger partial charge is 0.406 e. The number of rotatable bonds is 5. The molecule has 0 radical (unpaired) electrons. The molecule has 0 aliphatic carbocycles. The number of halogens is 3. The molecule has 7 nitrogen and oxygen atoms in total. The first-order chi connectivity index (χ1) is 15.6. The number of carbonyl (C=O) groups excluding carboxylic acids is 1. The van der Waals surface area contributed by atoms with E-state index in [9.17, 15) is 18.0 Å². The van der Waals surface area contributed by atoms with Gasteiger partial charge in [-0.05, 0) is 55.8 Å². The van der Waals surface area contributed by atoms with E-state index in [1.165, 1.54) is 12.1 Å². The molecule has 2 aromatic rings. The van der Waals surface area contributed by atoms with Crippen LogP contribution in [0.15, 0.2) is 42.6 Å². The number of amides is 1. The molecule has 0 spiro atoms. The molecule has 0 bridgehead atoms. The number of anilines is 1. The lowest BCUT2D eigenvalue weighted by atomic mass is 10.0. The van der Waals surface area contributed by atoms with E-state index in [1.54, 1.807) is 23.2 Å². The largest absolute Gasteiger partial charge is 0.573 e. The van der Waals surface area contributed by atoms with Crippen molar-refractivity contribution in [2.75, 3.05) is 44.4 Å². The minimum absolute atomic E-state index is 0.0939. The van der Waals surface area contributed by atoms with Gasteiger partial charge in [-0.2, -0.15) is 0 Å². The van der Waals surface area contributed by atoms with E-state index in [4.69, 9.17) is 4.74 Å². The van der Waals surface area contributed by atoms with E-state index in [0.29, 0.717) is 51.8 Å². The van der Waals surface area contributed by atoms with Crippen LogP contribution in [0, 0.1) is 0 Å². The number of hydrogen-bond acceptors (Lipinski definition) is 6. The van der Waals surface area contributed by atoms with Crippen LogP contribution in [0.4, 0.5) is 18.9 Å². The lowest BCUT2D eigenvalue weighted by Gasteiger charge is -2.30. The zero-order valence-electron chi connectivity index (χ0n) is 18.6. The Hall–Kier alpha value is -2.85. The summed E-state index contributed by atoms with van der Waals surface area (Å²) in [6.45, 7) is 8.35. The summed E-state index contributed by atoms with van der Waals surface area (Å²) >= 11 is 0. The molecule has 1 amide bonds. The highest BCUT2D eigenvalue weighted by molar-refractivity contribution is 5.92. The van der Waals surface area contributed by atoms with Gasteiger partial charge in [0.25, 0.3) is 5.91 Å². The first-order valence-electron chi connectivity index (χ1n) is 10.8. The number of carbonyl (C=O) groups is 1. The molecule has 2 fully saturated rings. The van der Waals surface area contributed by atoms with Crippen LogP contribution in [-0.4, -0.2) is 72.1 Å². The standard InChI is InChI=1S/C23H27F3N4O3/c1-22(2)15-29(18-3-5-19(6-4-18)33-23(24,25)26)16-30(22)14-17-7-8-27-20(13-17)21(31)28-9-11-32-12-10-28/h3-8,13H,9-12,14-16H2,1-2H3. The Labute approximate surface area is 190 Å². The fourth-order valence-electron chi connectivity index (χ4n) is 4.15. The van der Waals surface area contributed by atoms with Crippen LogP contribution < -0.4 is 9.64 Å². The van der Waals surface area contributed by atoms with Crippen LogP contribution in [0.5, 0.6) is 5.75 Å². The molecule has 3 heterocycles. The summed E-state index contributed by atoms with van der Waals surface area (Å²) in [5.41, 5.74) is 2.03. The lowest BCUT2D eigenvalue weighted by Crippen LogP contribution is -2.41. The number of ether oxygens (including phenoxy) is 2. The van der Waals surface area contributed by atoms with Crippen molar-refractivity contribution in [1.82, 2.24) is 14.8 Å². The third-order valence-corrected chi connectivity index (χ3v) is 5.93.